The lowest BCUT2D eigenvalue weighted by Crippen LogP contribution is -2.47. The lowest BCUT2D eigenvalue weighted by atomic mass is 9.59. The van der Waals surface area contributed by atoms with Gasteiger partial charge in [-0.15, -0.1) is 0 Å². The third-order valence-corrected chi connectivity index (χ3v) is 8.50. The molecule has 0 aromatic heterocycles. The van der Waals surface area contributed by atoms with E-state index in [2.05, 4.69) is 0 Å². The van der Waals surface area contributed by atoms with Gasteiger partial charge in [-0.2, -0.15) is 0 Å². The van der Waals surface area contributed by atoms with Crippen LogP contribution in [-0.4, -0.2) is 53.2 Å². The number of benzene rings is 2. The van der Waals surface area contributed by atoms with Crippen LogP contribution < -0.4 is 4.74 Å². The second-order valence-corrected chi connectivity index (χ2v) is 13.4. The highest BCUT2D eigenvalue weighted by Crippen LogP contribution is 2.51. The van der Waals surface area contributed by atoms with E-state index in [4.69, 9.17) is 4.74 Å². The second kappa shape index (κ2) is 9.35. The molecular weight excluding hydrogens is 448 g/mol. The molecule has 0 aliphatic carbocycles. The van der Waals surface area contributed by atoms with Gasteiger partial charge in [-0.25, -0.2) is 16.8 Å². The number of fused-ring (bicyclic) bond motifs is 1. The minimum Gasteiger partial charge on any atom is -0.492 e. The van der Waals surface area contributed by atoms with E-state index in [-0.39, 0.29) is 42.7 Å². The Morgan fingerprint density at radius 3 is 2.00 bits per heavy atom. The van der Waals surface area contributed by atoms with Gasteiger partial charge in [0.25, 0.3) is 0 Å². The van der Waals surface area contributed by atoms with Crippen LogP contribution in [0.2, 0.25) is 0 Å². The van der Waals surface area contributed by atoms with Crippen molar-refractivity contribution in [3.05, 3.63) is 65.7 Å². The van der Waals surface area contributed by atoms with E-state index in [1.807, 2.05) is 37.3 Å². The molecule has 6 nitrogen and oxygen atoms in total. The molecule has 32 heavy (non-hydrogen) atoms. The van der Waals surface area contributed by atoms with Gasteiger partial charge in [0.05, 0.1) is 29.6 Å². The Hall–Kier alpha value is -2.19. The van der Waals surface area contributed by atoms with Crippen LogP contribution in [0.15, 0.2) is 54.6 Å². The van der Waals surface area contributed by atoms with Gasteiger partial charge >= 0.3 is 0 Å². The maximum atomic E-state index is 13.7. The monoisotopic (exact) mass is 478 g/mol. The van der Waals surface area contributed by atoms with E-state index < -0.39 is 31.0 Å². The molecule has 0 spiro atoms. The third kappa shape index (κ3) is 5.59. The highest BCUT2D eigenvalue weighted by molar-refractivity contribution is 7.90. The van der Waals surface area contributed by atoms with Crippen molar-refractivity contribution in [3.8, 4) is 5.75 Å². The molecule has 174 valence electrons. The van der Waals surface area contributed by atoms with E-state index in [1.54, 1.807) is 24.3 Å². The number of hydrogen-bond acceptors (Lipinski definition) is 6. The van der Waals surface area contributed by atoms with E-state index in [0.717, 1.165) is 18.1 Å². The highest BCUT2D eigenvalue weighted by Gasteiger charge is 2.50. The van der Waals surface area contributed by atoms with Crippen molar-refractivity contribution in [2.45, 2.75) is 25.7 Å². The Morgan fingerprint density at radius 2 is 1.44 bits per heavy atom. The van der Waals surface area contributed by atoms with Crippen LogP contribution in [0.5, 0.6) is 5.75 Å². The van der Waals surface area contributed by atoms with Crippen LogP contribution in [-0.2, 0) is 19.7 Å². The van der Waals surface area contributed by atoms with Crippen molar-refractivity contribution in [2.75, 3.05) is 30.6 Å². The van der Waals surface area contributed by atoms with Gasteiger partial charge in [-0.05, 0) is 41.9 Å². The number of ether oxygens (including phenoxy) is 1. The predicted octanol–water partition coefficient (Wildman–Crippen LogP) is 3.54. The average Bonchev–Trinajstić information content (AvgIpc) is 2.74. The van der Waals surface area contributed by atoms with E-state index in [0.29, 0.717) is 11.3 Å². The van der Waals surface area contributed by atoms with Crippen molar-refractivity contribution < 1.29 is 26.4 Å². The summed E-state index contributed by atoms with van der Waals surface area (Å²) >= 11 is 0. The molecule has 0 saturated heterocycles. The summed E-state index contributed by atoms with van der Waals surface area (Å²) in [6.07, 6.45) is 2.66. The highest BCUT2D eigenvalue weighted by atomic mass is 32.2. The molecule has 8 heteroatoms. The predicted molar refractivity (Wildman–Crippen MR) is 126 cm³/mol. The van der Waals surface area contributed by atoms with Crippen molar-refractivity contribution in [1.29, 1.82) is 0 Å². The van der Waals surface area contributed by atoms with E-state index >= 15 is 0 Å². The normalized spacial score (nSPS) is 18.0. The van der Waals surface area contributed by atoms with Crippen LogP contribution in [0.25, 0.3) is 0 Å². The summed E-state index contributed by atoms with van der Waals surface area (Å²) in [5.41, 5.74) is 0.464. The fourth-order valence-corrected chi connectivity index (χ4v) is 6.19. The summed E-state index contributed by atoms with van der Waals surface area (Å²) in [6, 6.07) is 16.5. The topological polar surface area (TPSA) is 94.6 Å². The summed E-state index contributed by atoms with van der Waals surface area (Å²) in [5, 5.41) is 0. The zero-order valence-corrected chi connectivity index (χ0v) is 20.3. The van der Waals surface area contributed by atoms with Gasteiger partial charge in [0.2, 0.25) is 0 Å². The zero-order chi connectivity index (χ0) is 23.6. The van der Waals surface area contributed by atoms with Crippen LogP contribution in [0.4, 0.5) is 0 Å². The Labute approximate surface area is 190 Å². The van der Waals surface area contributed by atoms with Crippen LogP contribution in [0, 0.1) is 11.3 Å². The minimum atomic E-state index is -3.35. The van der Waals surface area contributed by atoms with Crippen molar-refractivity contribution in [1.82, 2.24) is 0 Å². The number of carbonyl (C=O) groups is 1. The smallest absolute Gasteiger partial charge is 0.173 e. The lowest BCUT2D eigenvalue weighted by Gasteiger charge is -2.46. The van der Waals surface area contributed by atoms with Crippen molar-refractivity contribution >= 4 is 25.5 Å². The summed E-state index contributed by atoms with van der Waals surface area (Å²) in [6.45, 7) is 2.04. The van der Waals surface area contributed by atoms with Crippen LogP contribution >= 0.6 is 0 Å². The van der Waals surface area contributed by atoms with Crippen LogP contribution in [0.1, 0.15) is 41.6 Å². The molecule has 0 radical (unpaired) electrons. The first-order chi connectivity index (χ1) is 14.9. The molecule has 3 rings (SSSR count). The number of para-hydroxylation sites is 1. The average molecular weight is 479 g/mol. The molecule has 0 amide bonds. The Kier molecular flexibility index (Phi) is 7.15. The van der Waals surface area contributed by atoms with Gasteiger partial charge in [0.1, 0.15) is 25.4 Å². The summed E-state index contributed by atoms with van der Waals surface area (Å²) in [5.74, 6) is -0.845. The first-order valence-electron chi connectivity index (χ1n) is 10.6. The second-order valence-electron chi connectivity index (χ2n) is 8.85. The largest absolute Gasteiger partial charge is 0.492 e. The molecule has 0 fully saturated rings. The van der Waals surface area contributed by atoms with Gasteiger partial charge < -0.3 is 4.74 Å². The standard InChI is InChI=1S/C24H30O6S2/c1-18(19-9-5-4-6-10-19)24(13-15-31(2,26)27,14-16-32(3,28)29)21-17-30-22-12-8-7-11-20(22)23(21)25/h4-12,18,21H,13-17H2,1-3H3. The van der Waals surface area contributed by atoms with E-state index in [1.165, 1.54) is 0 Å². The van der Waals surface area contributed by atoms with Gasteiger partial charge in [0.15, 0.2) is 5.78 Å². The fraction of sp³-hybridized carbons (Fsp3) is 0.458. The molecule has 2 aromatic carbocycles. The maximum Gasteiger partial charge on any atom is 0.173 e. The Morgan fingerprint density at radius 1 is 0.906 bits per heavy atom. The quantitative estimate of drug-likeness (QED) is 0.547. The maximum absolute atomic E-state index is 13.7. The molecule has 1 aliphatic heterocycles. The molecule has 0 bridgehead atoms. The number of Topliss-reactive ketones (excluding diaryl/α,β-unsaturated/α-hetero) is 1. The van der Waals surface area contributed by atoms with Crippen LogP contribution in [0.3, 0.4) is 0 Å². The number of sulfone groups is 2. The van der Waals surface area contributed by atoms with Gasteiger partial charge in [-0.3, -0.25) is 4.79 Å². The Bertz CT molecular complexity index is 1130. The molecule has 0 saturated carbocycles. The SMILES string of the molecule is CC(c1ccccc1)C(CCS(C)(=O)=O)(CCS(C)(=O)=O)C1COc2ccccc2C1=O. The van der Waals surface area contributed by atoms with E-state index in [9.17, 15) is 21.6 Å². The molecule has 2 unspecified atom stereocenters. The number of ketones is 1. The Balaban J connectivity index is 2.15. The van der Waals surface area contributed by atoms with Crippen molar-refractivity contribution in [3.63, 3.8) is 0 Å². The number of hydrogen-bond donors (Lipinski definition) is 0. The van der Waals surface area contributed by atoms with Gasteiger partial charge in [0, 0.05) is 12.5 Å². The molecule has 0 N–H and O–H groups in total. The first kappa shape index (κ1) is 24.5. The summed E-state index contributed by atoms with van der Waals surface area (Å²) in [4.78, 5) is 13.7. The minimum absolute atomic E-state index is 0.0839. The number of carbonyl (C=O) groups excluding carboxylic acids is 1. The molecule has 1 heterocycles. The molecule has 2 aromatic rings. The van der Waals surface area contributed by atoms with Gasteiger partial charge in [-0.1, -0.05) is 49.4 Å². The third-order valence-electron chi connectivity index (χ3n) is 6.61. The lowest BCUT2D eigenvalue weighted by molar-refractivity contribution is 0.0409. The first-order valence-corrected chi connectivity index (χ1v) is 14.7. The fourth-order valence-electron chi connectivity index (χ4n) is 4.69. The molecule has 2 atom stereocenters. The summed E-state index contributed by atoms with van der Waals surface area (Å²) in [7, 11) is -6.69. The number of rotatable bonds is 9. The summed E-state index contributed by atoms with van der Waals surface area (Å²) < 4.78 is 54.6. The molecular formula is C24H30O6S2. The van der Waals surface area contributed by atoms with Crippen molar-refractivity contribution in [2.24, 2.45) is 11.3 Å². The molecule has 1 aliphatic rings. The zero-order valence-electron chi connectivity index (χ0n) is 18.7.